The molecule has 5 rings (SSSR count). The molecule has 0 bridgehead atoms. The second-order valence-corrected chi connectivity index (χ2v) is 10.7. The largest absolute Gasteiger partial charge is 0.382 e. The molecule has 190 valence electrons. The number of hydrogen-bond acceptors (Lipinski definition) is 6. The molecule has 4 N–H and O–H groups in total. The predicted octanol–water partition coefficient (Wildman–Crippen LogP) is 3.50. The second kappa shape index (κ2) is 10.0. The van der Waals surface area contributed by atoms with Crippen LogP contribution in [0.4, 0.5) is 5.69 Å². The quantitative estimate of drug-likeness (QED) is 0.236. The average Bonchev–Trinajstić information content (AvgIpc) is 3.58. The van der Waals surface area contributed by atoms with Crippen LogP contribution in [0.15, 0.2) is 78.2 Å². The standard InChI is InChI=1S/C26H27N7O3S/c1-3-37(35,36)32-22(18-7-5-4-6-8-18)15-29-20-9-10-28-26(34)23(20)25-30-21-14-19(33-12-11-27-16-33)13-17(2)24(21)31-25/h4-14,16,22,32H,3,15H2,1-2H3,(H,30,31)(H2,28,29,34)/t22-/m1/s1. The van der Waals surface area contributed by atoms with Crippen molar-refractivity contribution in [1.82, 2.24) is 29.2 Å². The van der Waals surface area contributed by atoms with Gasteiger partial charge in [0.05, 0.1) is 34.8 Å². The van der Waals surface area contributed by atoms with E-state index < -0.39 is 16.1 Å². The Morgan fingerprint density at radius 2 is 1.95 bits per heavy atom. The Bertz CT molecular complexity index is 1690. The molecule has 2 aromatic carbocycles. The molecule has 11 heteroatoms. The van der Waals surface area contributed by atoms with Crippen molar-refractivity contribution >= 4 is 26.7 Å². The monoisotopic (exact) mass is 517 g/mol. The number of benzene rings is 2. The summed E-state index contributed by atoms with van der Waals surface area (Å²) in [4.78, 5) is 27.8. The van der Waals surface area contributed by atoms with Gasteiger partial charge in [0.25, 0.3) is 5.56 Å². The molecular weight excluding hydrogens is 490 g/mol. The number of aromatic amines is 2. The second-order valence-electron chi connectivity index (χ2n) is 8.68. The van der Waals surface area contributed by atoms with E-state index in [-0.39, 0.29) is 17.9 Å². The minimum absolute atomic E-state index is 0.0357. The normalized spacial score (nSPS) is 12.6. The van der Waals surface area contributed by atoms with Crippen LogP contribution < -0.4 is 15.6 Å². The summed E-state index contributed by atoms with van der Waals surface area (Å²) >= 11 is 0. The first kappa shape index (κ1) is 24.5. The molecule has 3 heterocycles. The molecule has 0 fully saturated rings. The molecular formula is C26H27N7O3S. The van der Waals surface area contributed by atoms with E-state index in [9.17, 15) is 13.2 Å². The van der Waals surface area contributed by atoms with Crippen molar-refractivity contribution in [3.63, 3.8) is 0 Å². The van der Waals surface area contributed by atoms with Gasteiger partial charge in [-0.2, -0.15) is 0 Å². The number of hydrogen-bond donors (Lipinski definition) is 4. The van der Waals surface area contributed by atoms with Gasteiger partial charge in [0, 0.05) is 30.8 Å². The lowest BCUT2D eigenvalue weighted by Gasteiger charge is -2.20. The van der Waals surface area contributed by atoms with E-state index in [4.69, 9.17) is 4.98 Å². The van der Waals surface area contributed by atoms with Gasteiger partial charge in [-0.05, 0) is 43.2 Å². The molecule has 0 aliphatic rings. The number of H-pyrrole nitrogens is 2. The smallest absolute Gasteiger partial charge is 0.261 e. The maximum Gasteiger partial charge on any atom is 0.261 e. The van der Waals surface area contributed by atoms with Crippen molar-refractivity contribution < 1.29 is 8.42 Å². The van der Waals surface area contributed by atoms with Crippen LogP contribution in [0.5, 0.6) is 0 Å². The highest BCUT2D eigenvalue weighted by Gasteiger charge is 2.20. The molecule has 0 unspecified atom stereocenters. The van der Waals surface area contributed by atoms with E-state index in [1.54, 1.807) is 31.7 Å². The molecule has 0 saturated carbocycles. The van der Waals surface area contributed by atoms with Crippen LogP contribution in [0, 0.1) is 6.92 Å². The molecule has 3 aromatic heterocycles. The number of fused-ring (bicyclic) bond motifs is 1. The summed E-state index contributed by atoms with van der Waals surface area (Å²) in [5.41, 5.74) is 4.78. The number of nitrogens with zero attached hydrogens (tertiary/aromatic N) is 3. The highest BCUT2D eigenvalue weighted by molar-refractivity contribution is 7.89. The Labute approximate surface area is 213 Å². The van der Waals surface area contributed by atoms with Crippen LogP contribution in [0.3, 0.4) is 0 Å². The Morgan fingerprint density at radius 3 is 2.68 bits per heavy atom. The van der Waals surface area contributed by atoms with Crippen molar-refractivity contribution in [2.45, 2.75) is 19.9 Å². The summed E-state index contributed by atoms with van der Waals surface area (Å²) in [6.07, 6.45) is 6.84. The molecule has 10 nitrogen and oxygen atoms in total. The summed E-state index contributed by atoms with van der Waals surface area (Å²) < 4.78 is 29.4. The van der Waals surface area contributed by atoms with Crippen LogP contribution in [-0.2, 0) is 10.0 Å². The van der Waals surface area contributed by atoms with Crippen LogP contribution >= 0.6 is 0 Å². The molecule has 0 saturated heterocycles. The maximum absolute atomic E-state index is 13.0. The Morgan fingerprint density at radius 1 is 1.14 bits per heavy atom. The van der Waals surface area contributed by atoms with E-state index >= 15 is 0 Å². The lowest BCUT2D eigenvalue weighted by molar-refractivity contribution is 0.563. The van der Waals surface area contributed by atoms with E-state index in [1.807, 2.05) is 60.2 Å². The van der Waals surface area contributed by atoms with Crippen molar-refractivity contribution in [3.05, 3.63) is 94.9 Å². The highest BCUT2D eigenvalue weighted by Crippen LogP contribution is 2.28. The van der Waals surface area contributed by atoms with Crippen molar-refractivity contribution in [2.24, 2.45) is 0 Å². The summed E-state index contributed by atoms with van der Waals surface area (Å²) in [5, 5.41) is 3.27. The Kier molecular flexibility index (Phi) is 6.64. The zero-order valence-electron chi connectivity index (χ0n) is 20.4. The Hall–Kier alpha value is -4.22. The Balaban J connectivity index is 1.50. The van der Waals surface area contributed by atoms with E-state index in [2.05, 4.69) is 25.0 Å². The first-order valence-corrected chi connectivity index (χ1v) is 13.5. The molecule has 0 radical (unpaired) electrons. The first-order valence-electron chi connectivity index (χ1n) is 11.8. The van der Waals surface area contributed by atoms with E-state index in [0.29, 0.717) is 17.1 Å². The fourth-order valence-electron chi connectivity index (χ4n) is 4.24. The van der Waals surface area contributed by atoms with Gasteiger partial charge in [0.15, 0.2) is 0 Å². The summed E-state index contributed by atoms with van der Waals surface area (Å²) in [6, 6.07) is 14.5. The van der Waals surface area contributed by atoms with E-state index in [1.165, 1.54) is 0 Å². The van der Waals surface area contributed by atoms with Crippen molar-refractivity contribution in [3.8, 4) is 17.1 Å². The van der Waals surface area contributed by atoms with E-state index in [0.717, 1.165) is 27.8 Å². The number of aryl methyl sites for hydroxylation is 1. The summed E-state index contributed by atoms with van der Waals surface area (Å²) in [5.74, 6) is 0.377. The number of sulfonamides is 1. The fraction of sp³-hybridized carbons (Fsp3) is 0.192. The zero-order valence-corrected chi connectivity index (χ0v) is 21.2. The first-order chi connectivity index (χ1) is 17.8. The van der Waals surface area contributed by atoms with Crippen LogP contribution in [-0.4, -0.2) is 45.2 Å². The number of rotatable bonds is 9. The molecule has 5 aromatic rings. The van der Waals surface area contributed by atoms with Crippen LogP contribution in [0.1, 0.15) is 24.1 Å². The lowest BCUT2D eigenvalue weighted by atomic mass is 10.1. The van der Waals surface area contributed by atoms with Crippen LogP contribution in [0.25, 0.3) is 28.1 Å². The lowest BCUT2D eigenvalue weighted by Crippen LogP contribution is -2.34. The van der Waals surface area contributed by atoms with Gasteiger partial charge in [-0.25, -0.2) is 23.1 Å². The van der Waals surface area contributed by atoms with Gasteiger partial charge in [-0.15, -0.1) is 0 Å². The summed E-state index contributed by atoms with van der Waals surface area (Å²) in [6.45, 7) is 3.78. The van der Waals surface area contributed by atoms with Gasteiger partial charge in [-0.3, -0.25) is 4.79 Å². The molecule has 0 spiro atoms. The molecule has 0 amide bonds. The molecule has 0 aliphatic carbocycles. The molecule has 1 atom stereocenters. The SMILES string of the molecule is CCS(=O)(=O)N[C@H](CNc1cc[nH]c(=O)c1-c1nc2c(C)cc(-n3ccnc3)cc2[nH]1)c1ccccc1. The zero-order chi connectivity index (χ0) is 26.0. The third-order valence-electron chi connectivity index (χ3n) is 6.16. The predicted molar refractivity (Wildman–Crippen MR) is 144 cm³/mol. The van der Waals surface area contributed by atoms with Gasteiger partial charge in [-0.1, -0.05) is 30.3 Å². The minimum atomic E-state index is -3.47. The molecule has 37 heavy (non-hydrogen) atoms. The maximum atomic E-state index is 13.0. The van der Waals surface area contributed by atoms with Gasteiger partial charge < -0.3 is 19.9 Å². The molecule has 0 aliphatic heterocycles. The highest BCUT2D eigenvalue weighted by atomic mass is 32.2. The number of anilines is 1. The van der Waals surface area contributed by atoms with Crippen molar-refractivity contribution in [1.29, 1.82) is 0 Å². The average molecular weight is 518 g/mol. The van der Waals surface area contributed by atoms with Gasteiger partial charge >= 0.3 is 0 Å². The summed E-state index contributed by atoms with van der Waals surface area (Å²) in [7, 11) is -3.47. The fourth-order valence-corrected chi connectivity index (χ4v) is 5.06. The number of pyridine rings is 1. The van der Waals surface area contributed by atoms with Gasteiger partial charge in [0.2, 0.25) is 10.0 Å². The minimum Gasteiger partial charge on any atom is -0.382 e. The number of aromatic nitrogens is 5. The topological polar surface area (TPSA) is 138 Å². The van der Waals surface area contributed by atoms with Crippen LogP contribution in [0.2, 0.25) is 0 Å². The van der Waals surface area contributed by atoms with Crippen molar-refractivity contribution in [2.75, 3.05) is 17.6 Å². The number of nitrogens with one attached hydrogen (secondary N) is 4. The third kappa shape index (κ3) is 5.18. The third-order valence-corrected chi connectivity index (χ3v) is 7.57. The van der Waals surface area contributed by atoms with Gasteiger partial charge in [0.1, 0.15) is 11.4 Å². The number of imidazole rings is 2.